The molecule has 94 valence electrons. The monoisotopic (exact) mass is 315 g/mol. The van der Waals surface area contributed by atoms with Crippen LogP contribution in [-0.2, 0) is 0 Å². The summed E-state index contributed by atoms with van der Waals surface area (Å²) in [6.45, 7) is 8.28. The zero-order valence-electron chi connectivity index (χ0n) is 10.5. The lowest BCUT2D eigenvalue weighted by atomic mass is 9.84. The van der Waals surface area contributed by atoms with Gasteiger partial charge in [-0.3, -0.25) is 4.79 Å². The van der Waals surface area contributed by atoms with E-state index in [2.05, 4.69) is 29.8 Å². The van der Waals surface area contributed by atoms with E-state index in [4.69, 9.17) is 0 Å². The first-order valence-electron chi connectivity index (χ1n) is 5.94. The van der Waals surface area contributed by atoms with Crippen LogP contribution in [0.15, 0.2) is 9.85 Å². The number of amides is 1. The van der Waals surface area contributed by atoms with Crippen molar-refractivity contribution in [2.75, 3.05) is 13.1 Å². The van der Waals surface area contributed by atoms with E-state index >= 15 is 0 Å². The van der Waals surface area contributed by atoms with Crippen LogP contribution in [-0.4, -0.2) is 23.9 Å². The van der Waals surface area contributed by atoms with Crippen LogP contribution in [0.1, 0.15) is 41.9 Å². The van der Waals surface area contributed by atoms with Gasteiger partial charge in [0.1, 0.15) is 0 Å². The lowest BCUT2D eigenvalue weighted by Crippen LogP contribution is -2.43. The third-order valence-corrected chi connectivity index (χ3v) is 5.38. The Kier molecular flexibility index (Phi) is 3.64. The van der Waals surface area contributed by atoms with Crippen LogP contribution in [0.25, 0.3) is 0 Å². The summed E-state index contributed by atoms with van der Waals surface area (Å²) < 4.78 is 1.07. The predicted molar refractivity (Wildman–Crippen MR) is 75.7 cm³/mol. The highest BCUT2D eigenvalue weighted by Gasteiger charge is 2.30. The van der Waals surface area contributed by atoms with E-state index in [1.165, 1.54) is 6.42 Å². The van der Waals surface area contributed by atoms with Crippen LogP contribution in [0.4, 0.5) is 0 Å². The maximum Gasteiger partial charge on any atom is 0.263 e. The van der Waals surface area contributed by atoms with E-state index in [1.807, 2.05) is 17.9 Å². The molecular weight excluding hydrogens is 298 g/mol. The van der Waals surface area contributed by atoms with Gasteiger partial charge in [-0.25, -0.2) is 0 Å². The molecule has 1 aromatic rings. The minimum absolute atomic E-state index is 0.191. The molecule has 0 atom stereocenters. The van der Waals surface area contributed by atoms with Crippen molar-refractivity contribution in [2.24, 2.45) is 5.41 Å². The van der Waals surface area contributed by atoms with Crippen LogP contribution in [0.2, 0.25) is 0 Å². The molecule has 0 aromatic carbocycles. The van der Waals surface area contributed by atoms with Gasteiger partial charge in [-0.1, -0.05) is 13.8 Å². The summed E-state index contributed by atoms with van der Waals surface area (Å²) in [6.07, 6.45) is 2.33. The first-order chi connectivity index (χ1) is 7.89. The highest BCUT2D eigenvalue weighted by atomic mass is 79.9. The molecule has 2 nitrogen and oxygen atoms in total. The zero-order chi connectivity index (χ0) is 12.6. The molecule has 1 aliphatic rings. The second-order valence-electron chi connectivity index (χ2n) is 5.56. The standard InChI is InChI=1S/C13H18BrNOS/c1-9-7-10(17-11(9)14)12(16)15-6-4-5-13(2,3)8-15/h7H,4-6,8H2,1-3H3. The van der Waals surface area contributed by atoms with Gasteiger partial charge < -0.3 is 4.90 Å². The summed E-state index contributed by atoms with van der Waals surface area (Å²) in [5.74, 6) is 0.191. The molecule has 0 aliphatic carbocycles. The Bertz CT molecular complexity index is 419. The van der Waals surface area contributed by atoms with Gasteiger partial charge in [0.05, 0.1) is 8.66 Å². The first-order valence-corrected chi connectivity index (χ1v) is 7.55. The van der Waals surface area contributed by atoms with Gasteiger partial charge >= 0.3 is 0 Å². The van der Waals surface area contributed by atoms with Crippen molar-refractivity contribution >= 4 is 33.2 Å². The first kappa shape index (κ1) is 13.1. The number of hydrogen-bond acceptors (Lipinski definition) is 2. The van der Waals surface area contributed by atoms with E-state index in [9.17, 15) is 4.79 Å². The Balaban J connectivity index is 2.15. The van der Waals surface area contributed by atoms with Gasteiger partial charge in [-0.15, -0.1) is 11.3 Å². The van der Waals surface area contributed by atoms with Crippen molar-refractivity contribution in [1.29, 1.82) is 0 Å². The molecule has 2 rings (SSSR count). The quantitative estimate of drug-likeness (QED) is 0.764. The van der Waals surface area contributed by atoms with Crippen LogP contribution in [0.3, 0.4) is 0 Å². The Morgan fingerprint density at radius 2 is 2.24 bits per heavy atom. The third kappa shape index (κ3) is 2.91. The highest BCUT2D eigenvalue weighted by molar-refractivity contribution is 9.11. The second kappa shape index (κ2) is 4.73. The maximum atomic E-state index is 12.4. The summed E-state index contributed by atoms with van der Waals surface area (Å²) in [5.41, 5.74) is 1.41. The van der Waals surface area contributed by atoms with Crippen LogP contribution >= 0.6 is 27.3 Å². The van der Waals surface area contributed by atoms with Gasteiger partial charge in [0.15, 0.2) is 0 Å². The molecule has 0 radical (unpaired) electrons. The maximum absolute atomic E-state index is 12.4. The summed E-state index contributed by atoms with van der Waals surface area (Å²) in [4.78, 5) is 15.2. The number of rotatable bonds is 1. The summed E-state index contributed by atoms with van der Waals surface area (Å²) in [7, 11) is 0. The fraction of sp³-hybridized carbons (Fsp3) is 0.615. The number of nitrogens with zero attached hydrogens (tertiary/aromatic N) is 1. The lowest BCUT2D eigenvalue weighted by Gasteiger charge is -2.37. The predicted octanol–water partition coefficient (Wildman–Crippen LogP) is 4.08. The molecule has 1 amide bonds. The number of thiophene rings is 1. The molecule has 0 saturated carbocycles. The molecule has 0 unspecified atom stereocenters. The molecule has 0 bridgehead atoms. The molecule has 0 spiro atoms. The normalized spacial score (nSPS) is 19.4. The van der Waals surface area contributed by atoms with Crippen LogP contribution < -0.4 is 0 Å². The molecule has 1 saturated heterocycles. The molecule has 2 heterocycles. The minimum Gasteiger partial charge on any atom is -0.337 e. The van der Waals surface area contributed by atoms with Gasteiger partial charge in [0.25, 0.3) is 5.91 Å². The number of carbonyl (C=O) groups excluding carboxylic acids is 1. The molecule has 1 fully saturated rings. The largest absolute Gasteiger partial charge is 0.337 e. The average Bonchev–Trinajstić information content (AvgIpc) is 2.57. The van der Waals surface area contributed by atoms with Crippen molar-refractivity contribution in [3.63, 3.8) is 0 Å². The number of hydrogen-bond donors (Lipinski definition) is 0. The third-order valence-electron chi connectivity index (χ3n) is 3.26. The topological polar surface area (TPSA) is 20.3 Å². The number of carbonyl (C=O) groups is 1. The SMILES string of the molecule is Cc1cc(C(=O)N2CCCC(C)(C)C2)sc1Br. The Morgan fingerprint density at radius 3 is 2.76 bits per heavy atom. The van der Waals surface area contributed by atoms with Crippen molar-refractivity contribution in [3.05, 3.63) is 20.3 Å². The van der Waals surface area contributed by atoms with Gasteiger partial charge in [0.2, 0.25) is 0 Å². The molecule has 1 aliphatic heterocycles. The average molecular weight is 316 g/mol. The molecular formula is C13H18BrNOS. The molecule has 1 aromatic heterocycles. The molecule has 4 heteroatoms. The summed E-state index contributed by atoms with van der Waals surface area (Å²) in [5, 5.41) is 0. The van der Waals surface area contributed by atoms with Crippen molar-refractivity contribution in [3.8, 4) is 0 Å². The fourth-order valence-electron chi connectivity index (χ4n) is 2.32. The summed E-state index contributed by atoms with van der Waals surface area (Å²) >= 11 is 5.02. The number of halogens is 1. The van der Waals surface area contributed by atoms with Crippen molar-refractivity contribution < 1.29 is 4.79 Å². The van der Waals surface area contributed by atoms with Crippen molar-refractivity contribution in [1.82, 2.24) is 4.90 Å². The van der Waals surface area contributed by atoms with Gasteiger partial charge in [0, 0.05) is 13.1 Å². The Hall–Kier alpha value is -0.350. The molecule has 17 heavy (non-hydrogen) atoms. The lowest BCUT2D eigenvalue weighted by molar-refractivity contribution is 0.0588. The van der Waals surface area contributed by atoms with E-state index in [0.29, 0.717) is 0 Å². The number of piperidine rings is 1. The fourth-order valence-corrected chi connectivity index (χ4v) is 3.82. The van der Waals surface area contributed by atoms with E-state index in [-0.39, 0.29) is 11.3 Å². The zero-order valence-corrected chi connectivity index (χ0v) is 12.9. The van der Waals surface area contributed by atoms with Gasteiger partial charge in [-0.05, 0) is 52.7 Å². The van der Waals surface area contributed by atoms with Crippen LogP contribution in [0.5, 0.6) is 0 Å². The van der Waals surface area contributed by atoms with Crippen LogP contribution in [0, 0.1) is 12.3 Å². The number of aryl methyl sites for hydroxylation is 1. The van der Waals surface area contributed by atoms with E-state index < -0.39 is 0 Å². The summed E-state index contributed by atoms with van der Waals surface area (Å²) in [6, 6.07) is 1.98. The Labute approximate surface area is 115 Å². The minimum atomic E-state index is 0.191. The number of likely N-dealkylation sites (tertiary alicyclic amines) is 1. The van der Waals surface area contributed by atoms with E-state index in [1.54, 1.807) is 11.3 Å². The second-order valence-corrected chi connectivity index (χ2v) is 7.93. The van der Waals surface area contributed by atoms with E-state index in [0.717, 1.165) is 33.7 Å². The molecule has 0 N–H and O–H groups in total. The van der Waals surface area contributed by atoms with Crippen molar-refractivity contribution in [2.45, 2.75) is 33.6 Å². The van der Waals surface area contributed by atoms with Gasteiger partial charge in [-0.2, -0.15) is 0 Å². The Morgan fingerprint density at radius 1 is 1.53 bits per heavy atom. The smallest absolute Gasteiger partial charge is 0.263 e. The highest BCUT2D eigenvalue weighted by Crippen LogP contribution is 2.32.